The van der Waals surface area contributed by atoms with Crippen molar-refractivity contribution in [2.45, 2.75) is 25.4 Å². The van der Waals surface area contributed by atoms with Crippen molar-refractivity contribution in [1.82, 2.24) is 5.43 Å². The third-order valence-electron chi connectivity index (χ3n) is 4.53. The molecule has 0 amide bonds. The second kappa shape index (κ2) is 7.89. The van der Waals surface area contributed by atoms with Crippen molar-refractivity contribution in [3.63, 3.8) is 0 Å². The van der Waals surface area contributed by atoms with Gasteiger partial charge in [-0.2, -0.15) is 5.10 Å². The molecular weight excluding hydrogens is 401 g/mol. The molecule has 0 radical (unpaired) electrons. The van der Waals surface area contributed by atoms with Crippen molar-refractivity contribution in [1.29, 1.82) is 0 Å². The molecule has 27 heavy (non-hydrogen) atoms. The summed E-state index contributed by atoms with van der Waals surface area (Å²) in [6, 6.07) is 13.2. The number of para-hydroxylation sites is 1. The molecule has 2 aliphatic rings. The minimum absolute atomic E-state index is 0.0430. The molecule has 1 atom stereocenters. The van der Waals surface area contributed by atoms with E-state index >= 15 is 0 Å². The number of hydrogen-bond donors (Lipinski definition) is 2. The number of rotatable bonds is 2. The molecule has 0 spiro atoms. The van der Waals surface area contributed by atoms with Crippen LogP contribution in [0.25, 0.3) is 6.08 Å². The number of ether oxygens (including phenoxy) is 1. The van der Waals surface area contributed by atoms with E-state index in [1.165, 1.54) is 0 Å². The smallest absolute Gasteiger partial charge is 0.191 e. The zero-order chi connectivity index (χ0) is 18.8. The average Bonchev–Trinajstić information content (AvgIpc) is 2.67. The molecule has 138 valence electrons. The summed E-state index contributed by atoms with van der Waals surface area (Å²) >= 11 is 17.4. The summed E-state index contributed by atoms with van der Waals surface area (Å²) in [5, 5.41) is 9.00. The minimum atomic E-state index is 0.0430. The van der Waals surface area contributed by atoms with Crippen LogP contribution in [0.5, 0.6) is 5.75 Å². The molecule has 1 aliphatic heterocycles. The maximum atomic E-state index is 6.17. The molecule has 1 saturated carbocycles. The van der Waals surface area contributed by atoms with Gasteiger partial charge in [0.2, 0.25) is 0 Å². The van der Waals surface area contributed by atoms with Gasteiger partial charge in [0.25, 0.3) is 0 Å². The highest BCUT2D eigenvalue weighted by molar-refractivity contribution is 7.80. The van der Waals surface area contributed by atoms with Gasteiger partial charge in [-0.05, 0) is 61.8 Å². The number of hydrazone groups is 1. The predicted molar refractivity (Wildman–Crippen MR) is 116 cm³/mol. The van der Waals surface area contributed by atoms with Gasteiger partial charge in [0, 0.05) is 16.2 Å². The highest BCUT2D eigenvalue weighted by Gasteiger charge is 2.29. The predicted octanol–water partition coefficient (Wildman–Crippen LogP) is 5.66. The molecule has 1 fully saturated rings. The fourth-order valence-electron chi connectivity index (χ4n) is 3.25. The zero-order valence-electron chi connectivity index (χ0n) is 14.3. The van der Waals surface area contributed by atoms with Crippen molar-refractivity contribution in [3.8, 4) is 5.75 Å². The van der Waals surface area contributed by atoms with Crippen LogP contribution in [0.1, 0.15) is 24.8 Å². The van der Waals surface area contributed by atoms with Crippen LogP contribution in [0.4, 0.5) is 5.69 Å². The van der Waals surface area contributed by atoms with Gasteiger partial charge in [0.15, 0.2) is 5.11 Å². The van der Waals surface area contributed by atoms with Crippen LogP contribution in [0.2, 0.25) is 10.0 Å². The van der Waals surface area contributed by atoms with Crippen molar-refractivity contribution in [2.75, 3.05) is 5.32 Å². The Morgan fingerprint density at radius 2 is 2.04 bits per heavy atom. The van der Waals surface area contributed by atoms with Crippen molar-refractivity contribution in [3.05, 3.63) is 63.6 Å². The summed E-state index contributed by atoms with van der Waals surface area (Å²) in [4.78, 5) is 0. The van der Waals surface area contributed by atoms with Gasteiger partial charge in [0.1, 0.15) is 11.9 Å². The topological polar surface area (TPSA) is 45.7 Å². The second-order valence-electron chi connectivity index (χ2n) is 6.38. The Balaban J connectivity index is 1.50. The quantitative estimate of drug-likeness (QED) is 0.488. The largest absolute Gasteiger partial charge is 0.485 e. The molecule has 0 saturated heterocycles. The fourth-order valence-corrected chi connectivity index (χ4v) is 3.86. The average molecular weight is 418 g/mol. The summed E-state index contributed by atoms with van der Waals surface area (Å²) < 4.78 is 6.14. The number of anilines is 1. The molecule has 1 aliphatic carbocycles. The van der Waals surface area contributed by atoms with Crippen LogP contribution in [0.3, 0.4) is 0 Å². The summed E-state index contributed by atoms with van der Waals surface area (Å²) in [5.41, 5.74) is 6.75. The van der Waals surface area contributed by atoms with Crippen molar-refractivity contribution >= 4 is 58.0 Å². The maximum absolute atomic E-state index is 6.17. The number of nitrogens with zero attached hydrogens (tertiary/aromatic N) is 1. The molecule has 2 aromatic rings. The Morgan fingerprint density at radius 1 is 1.19 bits per heavy atom. The number of benzene rings is 2. The van der Waals surface area contributed by atoms with E-state index in [0.717, 1.165) is 41.9 Å². The van der Waals surface area contributed by atoms with Gasteiger partial charge >= 0.3 is 0 Å². The van der Waals surface area contributed by atoms with Crippen molar-refractivity contribution < 1.29 is 4.74 Å². The summed E-state index contributed by atoms with van der Waals surface area (Å²) in [7, 11) is 0. The lowest BCUT2D eigenvalue weighted by atomic mass is 9.87. The lowest BCUT2D eigenvalue weighted by molar-refractivity contribution is 0.220. The van der Waals surface area contributed by atoms with Gasteiger partial charge in [-0.3, -0.25) is 5.43 Å². The normalized spacial score (nSPS) is 19.4. The Hall–Kier alpha value is -2.08. The van der Waals surface area contributed by atoms with Crippen LogP contribution >= 0.6 is 35.4 Å². The van der Waals surface area contributed by atoms with Gasteiger partial charge < -0.3 is 10.1 Å². The Morgan fingerprint density at radius 3 is 2.89 bits per heavy atom. The Labute approximate surface area is 173 Å². The fraction of sp³-hybridized carbons (Fsp3) is 0.200. The molecule has 4 rings (SSSR count). The zero-order valence-corrected chi connectivity index (χ0v) is 16.7. The van der Waals surface area contributed by atoms with Crippen LogP contribution in [-0.2, 0) is 0 Å². The van der Waals surface area contributed by atoms with Crippen molar-refractivity contribution in [2.24, 2.45) is 5.10 Å². The monoisotopic (exact) mass is 417 g/mol. The first kappa shape index (κ1) is 18.3. The molecule has 2 aromatic carbocycles. The van der Waals surface area contributed by atoms with Crippen LogP contribution in [0, 0.1) is 0 Å². The number of halogens is 2. The van der Waals surface area contributed by atoms with Crippen LogP contribution in [-0.4, -0.2) is 16.9 Å². The highest BCUT2D eigenvalue weighted by atomic mass is 35.5. The van der Waals surface area contributed by atoms with E-state index in [2.05, 4.69) is 21.9 Å². The molecule has 2 N–H and O–H groups in total. The molecule has 0 aromatic heterocycles. The Kier molecular flexibility index (Phi) is 5.34. The molecule has 0 bridgehead atoms. The van der Waals surface area contributed by atoms with Crippen LogP contribution < -0.4 is 15.5 Å². The standard InChI is InChI=1S/C20H17Cl2N3OS/c21-13-8-9-17(15(22)11-13)23-20(27)25-24-16-5-3-7-19-14(16)10-12-4-1-2-6-18(12)26-19/h1-2,4,6,8-11,19H,3,5,7H2,(H2,23,25,27)/b24-16-. The second-order valence-corrected chi connectivity index (χ2v) is 7.64. The van der Waals surface area contributed by atoms with Gasteiger partial charge in [-0.1, -0.05) is 41.4 Å². The van der Waals surface area contributed by atoms with E-state index in [-0.39, 0.29) is 6.10 Å². The molecule has 1 heterocycles. The molecule has 7 heteroatoms. The van der Waals surface area contributed by atoms with E-state index < -0.39 is 0 Å². The van der Waals surface area contributed by atoms with Gasteiger partial charge in [-0.25, -0.2) is 0 Å². The molecule has 4 nitrogen and oxygen atoms in total. The lowest BCUT2D eigenvalue weighted by Gasteiger charge is -2.31. The van der Waals surface area contributed by atoms with E-state index in [1.54, 1.807) is 18.2 Å². The third kappa shape index (κ3) is 4.10. The first-order valence-corrected chi connectivity index (χ1v) is 9.83. The first-order valence-electron chi connectivity index (χ1n) is 8.66. The van der Waals surface area contributed by atoms with Gasteiger partial charge in [0.05, 0.1) is 16.4 Å². The number of fused-ring (bicyclic) bond motifs is 2. The lowest BCUT2D eigenvalue weighted by Crippen LogP contribution is -2.33. The molecule has 1 unspecified atom stereocenters. The summed E-state index contributed by atoms with van der Waals surface area (Å²) in [6.07, 6.45) is 5.10. The van der Waals surface area contributed by atoms with E-state index in [9.17, 15) is 0 Å². The van der Waals surface area contributed by atoms with E-state index in [4.69, 9.17) is 40.2 Å². The van der Waals surface area contributed by atoms with E-state index in [1.807, 2.05) is 24.3 Å². The highest BCUT2D eigenvalue weighted by Crippen LogP contribution is 2.35. The number of hydrogen-bond acceptors (Lipinski definition) is 3. The Bertz CT molecular complexity index is 958. The first-order chi connectivity index (χ1) is 13.1. The third-order valence-corrected chi connectivity index (χ3v) is 5.27. The number of nitrogens with one attached hydrogen (secondary N) is 2. The van der Waals surface area contributed by atoms with Gasteiger partial charge in [-0.15, -0.1) is 0 Å². The summed E-state index contributed by atoms with van der Waals surface area (Å²) in [6.45, 7) is 0. The number of thiocarbonyl (C=S) groups is 1. The van der Waals surface area contributed by atoms with E-state index in [0.29, 0.717) is 20.8 Å². The van der Waals surface area contributed by atoms with Crippen LogP contribution in [0.15, 0.2) is 53.1 Å². The molecular formula is C20H17Cl2N3OS. The minimum Gasteiger partial charge on any atom is -0.485 e. The summed E-state index contributed by atoms with van der Waals surface area (Å²) in [5.74, 6) is 0.926. The maximum Gasteiger partial charge on any atom is 0.191 e. The SMILES string of the molecule is S=C(N/N=C1/CCCC2Oc3ccccc3C=C12)Nc1ccc(Cl)cc1Cl.